The van der Waals surface area contributed by atoms with Gasteiger partial charge < -0.3 is 15.0 Å². The number of rotatable bonds is 5. The van der Waals surface area contributed by atoms with Crippen LogP contribution in [0, 0.1) is 0 Å². The van der Waals surface area contributed by atoms with Crippen molar-refractivity contribution in [1.29, 1.82) is 0 Å². The van der Waals surface area contributed by atoms with E-state index in [1.807, 2.05) is 25.1 Å². The van der Waals surface area contributed by atoms with Crippen molar-refractivity contribution in [2.45, 2.75) is 50.6 Å². The molecule has 4 amide bonds. The van der Waals surface area contributed by atoms with Crippen LogP contribution in [-0.2, 0) is 9.59 Å². The first-order valence-corrected chi connectivity index (χ1v) is 10.3. The molecule has 1 unspecified atom stereocenters. The number of ether oxygens (including phenoxy) is 1. The van der Waals surface area contributed by atoms with Crippen LogP contribution in [0.5, 0.6) is 5.75 Å². The molecule has 1 aromatic rings. The lowest BCUT2D eigenvalue weighted by Crippen LogP contribution is -2.49. The van der Waals surface area contributed by atoms with E-state index in [0.29, 0.717) is 18.6 Å². The maximum atomic E-state index is 13.0. The molecule has 1 atom stereocenters. The average molecular weight is 452 g/mol. The number of urea groups is 1. The van der Waals surface area contributed by atoms with Crippen molar-refractivity contribution in [3.8, 4) is 5.75 Å². The van der Waals surface area contributed by atoms with Gasteiger partial charge in [-0.05, 0) is 53.4 Å². The highest BCUT2D eigenvalue weighted by Gasteiger charge is 2.55. The van der Waals surface area contributed by atoms with E-state index < -0.39 is 5.54 Å². The van der Waals surface area contributed by atoms with E-state index in [1.54, 1.807) is 14.2 Å². The van der Waals surface area contributed by atoms with Crippen LogP contribution in [0.3, 0.4) is 0 Å². The highest BCUT2D eigenvalue weighted by Crippen LogP contribution is 2.39. The van der Waals surface area contributed by atoms with Gasteiger partial charge in [-0.3, -0.25) is 14.5 Å². The van der Waals surface area contributed by atoms with E-state index in [2.05, 4.69) is 21.2 Å². The first-order valence-electron chi connectivity index (χ1n) is 9.52. The van der Waals surface area contributed by atoms with Crippen molar-refractivity contribution in [2.75, 3.05) is 20.7 Å². The zero-order chi connectivity index (χ0) is 20.5. The Morgan fingerprint density at radius 2 is 1.96 bits per heavy atom. The van der Waals surface area contributed by atoms with Crippen LogP contribution in [0.2, 0.25) is 0 Å². The van der Waals surface area contributed by atoms with E-state index in [9.17, 15) is 14.4 Å². The van der Waals surface area contributed by atoms with Gasteiger partial charge in [0.25, 0.3) is 5.91 Å². The summed E-state index contributed by atoms with van der Waals surface area (Å²) >= 11 is 3.43. The van der Waals surface area contributed by atoms with Crippen LogP contribution in [0.15, 0.2) is 22.7 Å². The zero-order valence-electron chi connectivity index (χ0n) is 16.5. The summed E-state index contributed by atoms with van der Waals surface area (Å²) in [5, 5.41) is 2.87. The first kappa shape index (κ1) is 20.6. The lowest BCUT2D eigenvalue weighted by atomic mass is 9.81. The number of amides is 4. The van der Waals surface area contributed by atoms with Gasteiger partial charge in [-0.2, -0.15) is 0 Å². The summed E-state index contributed by atoms with van der Waals surface area (Å²) in [6.07, 6.45) is 4.26. The predicted molar refractivity (Wildman–Crippen MR) is 108 cm³/mol. The molecule has 8 heteroatoms. The van der Waals surface area contributed by atoms with E-state index >= 15 is 0 Å². The molecule has 7 nitrogen and oxygen atoms in total. The fourth-order valence-electron chi connectivity index (χ4n) is 4.14. The lowest BCUT2D eigenvalue weighted by molar-refractivity contribution is -0.137. The summed E-state index contributed by atoms with van der Waals surface area (Å²) in [5.74, 6) is 0.105. The molecule has 0 radical (unpaired) electrons. The number of methoxy groups -OCH3 is 1. The molecular formula is C20H26BrN3O4. The van der Waals surface area contributed by atoms with Gasteiger partial charge in [0.05, 0.1) is 17.6 Å². The van der Waals surface area contributed by atoms with E-state index in [-0.39, 0.29) is 30.4 Å². The van der Waals surface area contributed by atoms with Gasteiger partial charge >= 0.3 is 6.03 Å². The highest BCUT2D eigenvalue weighted by molar-refractivity contribution is 9.10. The molecule has 2 aliphatic rings. The molecule has 1 spiro atoms. The number of carbonyl (C=O) groups is 3. The number of nitrogens with one attached hydrogen (secondary N) is 1. The lowest BCUT2D eigenvalue weighted by Gasteiger charge is -2.35. The second kappa shape index (κ2) is 8.11. The average Bonchev–Trinajstić information content (AvgIpc) is 2.85. The minimum atomic E-state index is -0.762. The third-order valence-electron chi connectivity index (χ3n) is 5.84. The Bertz CT molecular complexity index is 792. The van der Waals surface area contributed by atoms with Crippen LogP contribution in [0.25, 0.3) is 0 Å². The summed E-state index contributed by atoms with van der Waals surface area (Å²) < 4.78 is 6.01. The standard InChI is InChI=1S/C20H26BrN3O4/c1-13(14-7-8-16(28-3)15(21)11-14)22-17(25)12-24-18(26)20(23(2)19(24)27)9-5-4-6-10-20/h7-8,11,13H,4-6,9-10,12H2,1-3H3,(H,22,25). The smallest absolute Gasteiger partial charge is 0.327 e. The Kier molecular flexibility index (Phi) is 5.98. The molecule has 0 bridgehead atoms. The monoisotopic (exact) mass is 451 g/mol. The van der Waals surface area contributed by atoms with Gasteiger partial charge in [-0.25, -0.2) is 4.79 Å². The van der Waals surface area contributed by atoms with Crippen molar-refractivity contribution in [3.05, 3.63) is 28.2 Å². The Hall–Kier alpha value is -2.09. The Morgan fingerprint density at radius 1 is 1.29 bits per heavy atom. The predicted octanol–water partition coefficient (Wildman–Crippen LogP) is 3.23. The molecule has 1 saturated heterocycles. The molecule has 1 N–H and O–H groups in total. The van der Waals surface area contributed by atoms with Gasteiger partial charge in [0.2, 0.25) is 5.91 Å². The molecule has 1 aliphatic carbocycles. The number of hydrogen-bond donors (Lipinski definition) is 1. The molecule has 1 saturated carbocycles. The first-order chi connectivity index (χ1) is 13.3. The third kappa shape index (κ3) is 3.62. The Morgan fingerprint density at radius 3 is 2.57 bits per heavy atom. The number of nitrogens with zero attached hydrogens (tertiary/aromatic N) is 2. The number of benzene rings is 1. The highest BCUT2D eigenvalue weighted by atomic mass is 79.9. The van der Waals surface area contributed by atoms with Crippen LogP contribution < -0.4 is 10.1 Å². The SMILES string of the molecule is COc1ccc(C(C)NC(=O)CN2C(=O)N(C)C3(CCCCC3)C2=O)cc1Br. The molecule has 1 aromatic carbocycles. The quantitative estimate of drug-likeness (QED) is 0.696. The summed E-state index contributed by atoms with van der Waals surface area (Å²) in [6, 6.07) is 4.90. The second-order valence-corrected chi connectivity index (χ2v) is 8.36. The van der Waals surface area contributed by atoms with E-state index in [1.165, 1.54) is 4.90 Å². The summed E-state index contributed by atoms with van der Waals surface area (Å²) in [4.78, 5) is 40.8. The molecule has 1 heterocycles. The second-order valence-electron chi connectivity index (χ2n) is 7.51. The van der Waals surface area contributed by atoms with Crippen molar-refractivity contribution >= 4 is 33.8 Å². The molecule has 0 aromatic heterocycles. The van der Waals surface area contributed by atoms with Crippen molar-refractivity contribution in [2.24, 2.45) is 0 Å². The van der Waals surface area contributed by atoms with Gasteiger partial charge in [-0.15, -0.1) is 0 Å². The van der Waals surface area contributed by atoms with E-state index in [4.69, 9.17) is 4.74 Å². The summed E-state index contributed by atoms with van der Waals surface area (Å²) in [6.45, 7) is 1.60. The largest absolute Gasteiger partial charge is 0.496 e. The van der Waals surface area contributed by atoms with Gasteiger partial charge in [0, 0.05) is 7.05 Å². The molecule has 2 fully saturated rings. The fourth-order valence-corrected chi connectivity index (χ4v) is 4.70. The van der Waals surface area contributed by atoms with Crippen molar-refractivity contribution < 1.29 is 19.1 Å². The fraction of sp³-hybridized carbons (Fsp3) is 0.550. The minimum Gasteiger partial charge on any atom is -0.496 e. The van der Waals surface area contributed by atoms with Crippen molar-refractivity contribution in [1.82, 2.24) is 15.1 Å². The van der Waals surface area contributed by atoms with Crippen LogP contribution in [0.4, 0.5) is 4.79 Å². The summed E-state index contributed by atoms with van der Waals surface area (Å²) in [7, 11) is 3.26. The Labute approximate surface area is 173 Å². The molecule has 28 heavy (non-hydrogen) atoms. The zero-order valence-corrected chi connectivity index (χ0v) is 18.0. The number of imide groups is 1. The molecule has 152 valence electrons. The van der Waals surface area contributed by atoms with Crippen LogP contribution in [-0.4, -0.2) is 53.9 Å². The normalized spacial score (nSPS) is 19.9. The van der Waals surface area contributed by atoms with Gasteiger partial charge in [-0.1, -0.05) is 25.3 Å². The molecular weight excluding hydrogens is 426 g/mol. The maximum absolute atomic E-state index is 13.0. The minimum absolute atomic E-state index is 0.241. The van der Waals surface area contributed by atoms with Crippen LogP contribution in [0.1, 0.15) is 50.6 Å². The van der Waals surface area contributed by atoms with Crippen molar-refractivity contribution in [3.63, 3.8) is 0 Å². The number of likely N-dealkylation sites (N-methyl/N-ethyl adjacent to an activating group) is 1. The van der Waals surface area contributed by atoms with Gasteiger partial charge in [0.15, 0.2) is 0 Å². The molecule has 3 rings (SSSR count). The third-order valence-corrected chi connectivity index (χ3v) is 6.46. The van der Waals surface area contributed by atoms with Gasteiger partial charge in [0.1, 0.15) is 17.8 Å². The van der Waals surface area contributed by atoms with Crippen LogP contribution >= 0.6 is 15.9 Å². The Balaban J connectivity index is 1.66. The number of carbonyl (C=O) groups excluding carboxylic acids is 3. The maximum Gasteiger partial charge on any atom is 0.327 e. The topological polar surface area (TPSA) is 79.0 Å². The molecule has 1 aliphatic heterocycles. The number of hydrogen-bond acceptors (Lipinski definition) is 4. The van der Waals surface area contributed by atoms with E-state index in [0.717, 1.165) is 34.2 Å². The number of halogens is 1. The summed E-state index contributed by atoms with van der Waals surface area (Å²) in [5.41, 5.74) is 0.128.